The van der Waals surface area contributed by atoms with E-state index in [0.29, 0.717) is 33.9 Å². The van der Waals surface area contributed by atoms with Crippen molar-refractivity contribution in [2.75, 3.05) is 26.6 Å². The number of methoxy groups -OCH3 is 3. The lowest BCUT2D eigenvalue weighted by Crippen LogP contribution is -2.10. The summed E-state index contributed by atoms with van der Waals surface area (Å²) in [6.07, 6.45) is -0.332. The van der Waals surface area contributed by atoms with Gasteiger partial charge in [-0.15, -0.1) is 0 Å². The third kappa shape index (κ3) is 6.35. The maximum Gasteiger partial charge on any atom is 0.435 e. The third-order valence-corrected chi connectivity index (χ3v) is 5.57. The second-order valence-corrected chi connectivity index (χ2v) is 8.22. The summed E-state index contributed by atoms with van der Waals surface area (Å²) < 4.78 is 56.7. The number of nitrogens with one attached hydrogen (secondary N) is 1. The first-order chi connectivity index (χ1) is 18.6. The first-order valence-electron chi connectivity index (χ1n) is 11.5. The van der Waals surface area contributed by atoms with Gasteiger partial charge in [0.05, 0.1) is 21.3 Å². The molecule has 2 aromatic carbocycles. The molecule has 0 bridgehead atoms. The van der Waals surface area contributed by atoms with Crippen LogP contribution in [0.5, 0.6) is 11.5 Å². The third-order valence-electron chi connectivity index (χ3n) is 5.57. The van der Waals surface area contributed by atoms with Crippen molar-refractivity contribution in [1.29, 1.82) is 0 Å². The summed E-state index contributed by atoms with van der Waals surface area (Å²) in [6.45, 7) is 1.50. The van der Waals surface area contributed by atoms with Crippen LogP contribution >= 0.6 is 0 Å². The van der Waals surface area contributed by atoms with Gasteiger partial charge < -0.3 is 19.5 Å². The number of ether oxygens (including phenoxy) is 3. The fourth-order valence-corrected chi connectivity index (χ4v) is 3.68. The number of nitrogens with zero attached hydrogens (tertiary/aromatic N) is 4. The lowest BCUT2D eigenvalue weighted by atomic mass is 10.0. The van der Waals surface area contributed by atoms with Gasteiger partial charge in [-0.1, -0.05) is 18.2 Å². The molecule has 0 saturated heterocycles. The Bertz CT molecular complexity index is 1510. The molecule has 0 unspecified atom stereocenters. The van der Waals surface area contributed by atoms with Gasteiger partial charge in [-0.25, -0.2) is 14.5 Å². The number of esters is 1. The van der Waals surface area contributed by atoms with Crippen LogP contribution < -0.4 is 14.8 Å². The van der Waals surface area contributed by atoms with E-state index in [1.807, 2.05) is 0 Å². The Morgan fingerprint density at radius 3 is 2.36 bits per heavy atom. The lowest BCUT2D eigenvalue weighted by Gasteiger charge is -2.14. The van der Waals surface area contributed by atoms with Gasteiger partial charge in [0, 0.05) is 47.4 Å². The van der Waals surface area contributed by atoms with Crippen molar-refractivity contribution in [2.24, 2.45) is 0 Å². The van der Waals surface area contributed by atoms with Crippen molar-refractivity contribution < 1.29 is 32.2 Å². The Kier molecular flexibility index (Phi) is 7.84. The van der Waals surface area contributed by atoms with Crippen LogP contribution in [0.2, 0.25) is 0 Å². The summed E-state index contributed by atoms with van der Waals surface area (Å²) in [6, 6.07) is 13.0. The molecule has 0 amide bonds. The highest BCUT2D eigenvalue weighted by Gasteiger charge is 2.35. The monoisotopic (exact) mass is 539 g/mol. The van der Waals surface area contributed by atoms with E-state index in [-0.39, 0.29) is 17.5 Å². The second kappa shape index (κ2) is 11.3. The van der Waals surface area contributed by atoms with E-state index < -0.39 is 17.8 Å². The van der Waals surface area contributed by atoms with Gasteiger partial charge in [0.15, 0.2) is 11.5 Å². The van der Waals surface area contributed by atoms with Gasteiger partial charge in [-0.2, -0.15) is 23.3 Å². The van der Waals surface area contributed by atoms with Crippen LogP contribution in [0.4, 0.5) is 24.8 Å². The van der Waals surface area contributed by atoms with Crippen LogP contribution in [0.15, 0.2) is 60.8 Å². The normalized spacial score (nSPS) is 11.5. The smallest absolute Gasteiger partial charge is 0.435 e. The van der Waals surface area contributed by atoms with Crippen molar-refractivity contribution in [3.63, 3.8) is 0 Å². The Morgan fingerprint density at radius 2 is 1.74 bits per heavy atom. The van der Waals surface area contributed by atoms with Crippen LogP contribution in [-0.2, 0) is 15.7 Å². The molecule has 2 heterocycles. The van der Waals surface area contributed by atoms with E-state index >= 15 is 0 Å². The number of aromatic nitrogens is 4. The number of alkyl halides is 3. The molecule has 202 valence electrons. The summed E-state index contributed by atoms with van der Waals surface area (Å²) in [5, 5.41) is 6.83. The molecule has 0 spiro atoms. The standard InChI is InChI=1S/C27H24F3N5O4/c1-16-10-23(27(28,29)30)34-35(16)25-22(18-7-5-6-17(11-18)8-9-24(36)39-4)15-31-26(33-25)32-19-12-20(37-2)14-21(13-19)38-3/h5-15H,1-4H3,(H,31,32,33)/b9-8+. The Morgan fingerprint density at radius 1 is 1.03 bits per heavy atom. The number of carbonyl (C=O) groups is 1. The highest BCUT2D eigenvalue weighted by atomic mass is 19.4. The van der Waals surface area contributed by atoms with E-state index in [1.54, 1.807) is 48.5 Å². The number of rotatable bonds is 8. The first kappa shape index (κ1) is 27.2. The van der Waals surface area contributed by atoms with E-state index in [9.17, 15) is 18.0 Å². The van der Waals surface area contributed by atoms with Crippen molar-refractivity contribution >= 4 is 23.7 Å². The number of benzene rings is 2. The molecule has 9 nitrogen and oxygen atoms in total. The van der Waals surface area contributed by atoms with Crippen LogP contribution in [-0.4, -0.2) is 47.0 Å². The van der Waals surface area contributed by atoms with Crippen LogP contribution in [0.25, 0.3) is 23.0 Å². The first-order valence-corrected chi connectivity index (χ1v) is 11.5. The van der Waals surface area contributed by atoms with Crippen molar-refractivity contribution in [1.82, 2.24) is 19.7 Å². The fourth-order valence-electron chi connectivity index (χ4n) is 3.68. The zero-order valence-corrected chi connectivity index (χ0v) is 21.4. The fraction of sp³-hybridized carbons (Fsp3) is 0.185. The van der Waals surface area contributed by atoms with Crippen LogP contribution in [0.3, 0.4) is 0 Å². The van der Waals surface area contributed by atoms with Gasteiger partial charge >= 0.3 is 12.1 Å². The lowest BCUT2D eigenvalue weighted by molar-refractivity contribution is -0.141. The topological polar surface area (TPSA) is 100 Å². The SMILES string of the molecule is COC(=O)/C=C/c1cccc(-c2cnc(Nc3cc(OC)cc(OC)c3)nc2-n2nc(C(F)(F)F)cc2C)c1. The average Bonchev–Trinajstić information content (AvgIpc) is 3.33. The molecule has 0 aliphatic rings. The number of aryl methyl sites for hydroxylation is 1. The minimum Gasteiger partial charge on any atom is -0.497 e. The second-order valence-electron chi connectivity index (χ2n) is 8.22. The number of hydrogen-bond acceptors (Lipinski definition) is 8. The molecule has 0 aliphatic heterocycles. The molecular weight excluding hydrogens is 515 g/mol. The number of anilines is 2. The largest absolute Gasteiger partial charge is 0.497 e. The summed E-state index contributed by atoms with van der Waals surface area (Å²) in [5.41, 5.74) is 1.37. The minimum absolute atomic E-state index is 0.106. The van der Waals surface area contributed by atoms with Gasteiger partial charge in [-0.3, -0.25) is 0 Å². The molecule has 39 heavy (non-hydrogen) atoms. The van der Waals surface area contributed by atoms with Gasteiger partial charge in [0.2, 0.25) is 5.95 Å². The minimum atomic E-state index is -4.64. The molecule has 1 N–H and O–H groups in total. The Labute approximate surface area is 221 Å². The van der Waals surface area contributed by atoms with Crippen molar-refractivity contribution in [3.05, 3.63) is 77.8 Å². The van der Waals surface area contributed by atoms with E-state index in [1.165, 1.54) is 40.5 Å². The molecule has 0 atom stereocenters. The van der Waals surface area contributed by atoms with E-state index in [4.69, 9.17) is 9.47 Å². The molecular formula is C27H24F3N5O4. The van der Waals surface area contributed by atoms with Crippen molar-refractivity contribution in [3.8, 4) is 28.4 Å². The van der Waals surface area contributed by atoms with Gasteiger partial charge in [0.1, 0.15) is 11.5 Å². The Hall–Kier alpha value is -4.87. The maximum atomic E-state index is 13.5. The molecule has 2 aromatic heterocycles. The zero-order chi connectivity index (χ0) is 28.2. The highest BCUT2D eigenvalue weighted by molar-refractivity contribution is 5.87. The predicted octanol–water partition coefficient (Wildman–Crippen LogP) is 5.60. The summed E-state index contributed by atoms with van der Waals surface area (Å²) in [5.74, 6) is 0.728. The predicted molar refractivity (Wildman–Crippen MR) is 138 cm³/mol. The van der Waals surface area contributed by atoms with E-state index in [0.717, 1.165) is 10.7 Å². The summed E-state index contributed by atoms with van der Waals surface area (Å²) in [4.78, 5) is 20.4. The molecule has 0 fully saturated rings. The summed E-state index contributed by atoms with van der Waals surface area (Å²) in [7, 11) is 4.29. The van der Waals surface area contributed by atoms with Gasteiger partial charge in [-0.05, 0) is 36.3 Å². The van der Waals surface area contributed by atoms with E-state index in [2.05, 4.69) is 25.1 Å². The Balaban J connectivity index is 1.83. The molecule has 0 radical (unpaired) electrons. The molecule has 12 heteroatoms. The number of carbonyl (C=O) groups excluding carboxylic acids is 1. The zero-order valence-electron chi connectivity index (χ0n) is 21.4. The highest BCUT2D eigenvalue weighted by Crippen LogP contribution is 2.33. The number of hydrogen-bond donors (Lipinski definition) is 1. The maximum absolute atomic E-state index is 13.5. The average molecular weight is 540 g/mol. The van der Waals surface area contributed by atoms with Gasteiger partial charge in [0.25, 0.3) is 0 Å². The molecule has 0 saturated carbocycles. The van der Waals surface area contributed by atoms with Crippen LogP contribution in [0.1, 0.15) is 17.0 Å². The molecule has 0 aliphatic carbocycles. The quantitative estimate of drug-likeness (QED) is 0.228. The van der Waals surface area contributed by atoms with Crippen molar-refractivity contribution in [2.45, 2.75) is 13.1 Å². The molecule has 4 rings (SSSR count). The number of halogens is 3. The van der Waals surface area contributed by atoms with Crippen LogP contribution in [0, 0.1) is 6.92 Å². The summed E-state index contributed by atoms with van der Waals surface area (Å²) >= 11 is 0. The molecule has 4 aromatic rings.